The zero-order valence-electron chi connectivity index (χ0n) is 7.69. The molecule has 0 heterocycles. The molecule has 0 aromatic heterocycles. The largest absolute Gasteiger partial charge is 0.313 e. The van der Waals surface area contributed by atoms with Gasteiger partial charge in [0.1, 0.15) is 11.6 Å². The lowest BCUT2D eigenvalue weighted by atomic mass is 10.2. The number of hydrogen-bond donors (Lipinski definition) is 1. The second-order valence-corrected chi connectivity index (χ2v) is 3.33. The third-order valence-electron chi connectivity index (χ3n) is 1.81. The second kappa shape index (κ2) is 5.94. The van der Waals surface area contributed by atoms with E-state index in [9.17, 15) is 8.78 Å². The van der Waals surface area contributed by atoms with Crippen molar-refractivity contribution in [1.29, 1.82) is 0 Å². The van der Waals surface area contributed by atoms with Crippen LogP contribution in [0.5, 0.6) is 0 Å². The van der Waals surface area contributed by atoms with E-state index in [4.69, 9.17) is 11.6 Å². The molecule has 0 saturated carbocycles. The standard InChI is InChI=1S/C10H12ClF2N/c11-4-1-5-14-7-8-6-9(12)2-3-10(8)13/h2-3,6,14H,1,4-5,7H2. The van der Waals surface area contributed by atoms with Gasteiger partial charge < -0.3 is 5.32 Å². The van der Waals surface area contributed by atoms with Crippen molar-refractivity contribution >= 4 is 11.6 Å². The Morgan fingerprint density at radius 3 is 2.79 bits per heavy atom. The predicted molar refractivity (Wildman–Crippen MR) is 53.4 cm³/mol. The van der Waals surface area contributed by atoms with E-state index >= 15 is 0 Å². The molecular weight excluding hydrogens is 208 g/mol. The molecule has 1 N–H and O–H groups in total. The maximum atomic E-state index is 13.0. The van der Waals surface area contributed by atoms with Crippen LogP contribution in [-0.2, 0) is 6.54 Å². The van der Waals surface area contributed by atoms with Crippen LogP contribution < -0.4 is 5.32 Å². The maximum Gasteiger partial charge on any atom is 0.127 e. The van der Waals surface area contributed by atoms with E-state index in [2.05, 4.69) is 5.32 Å². The minimum absolute atomic E-state index is 0.334. The van der Waals surface area contributed by atoms with Crippen LogP contribution in [-0.4, -0.2) is 12.4 Å². The number of benzene rings is 1. The molecule has 0 unspecified atom stereocenters. The molecule has 0 radical (unpaired) electrons. The van der Waals surface area contributed by atoms with Gasteiger partial charge in [0.25, 0.3) is 0 Å². The smallest absolute Gasteiger partial charge is 0.127 e. The Balaban J connectivity index is 2.45. The van der Waals surface area contributed by atoms with Crippen LogP contribution in [0.15, 0.2) is 18.2 Å². The van der Waals surface area contributed by atoms with E-state index < -0.39 is 5.82 Å². The average Bonchev–Trinajstić information content (AvgIpc) is 2.18. The molecule has 0 atom stereocenters. The molecule has 1 aromatic rings. The number of halogens is 3. The third-order valence-corrected chi connectivity index (χ3v) is 2.08. The van der Waals surface area contributed by atoms with Gasteiger partial charge in [-0.1, -0.05) is 0 Å². The summed E-state index contributed by atoms with van der Waals surface area (Å²) < 4.78 is 25.8. The summed E-state index contributed by atoms with van der Waals surface area (Å²) >= 11 is 5.47. The van der Waals surface area contributed by atoms with Gasteiger partial charge in [-0.25, -0.2) is 8.78 Å². The van der Waals surface area contributed by atoms with Gasteiger partial charge in [-0.05, 0) is 31.2 Å². The second-order valence-electron chi connectivity index (χ2n) is 2.96. The lowest BCUT2D eigenvalue weighted by molar-refractivity contribution is 0.568. The minimum Gasteiger partial charge on any atom is -0.313 e. The average molecular weight is 220 g/mol. The van der Waals surface area contributed by atoms with E-state index in [0.717, 1.165) is 18.6 Å². The van der Waals surface area contributed by atoms with Crippen molar-refractivity contribution in [2.45, 2.75) is 13.0 Å². The molecule has 1 nitrogen and oxygen atoms in total. The normalized spacial score (nSPS) is 10.5. The molecule has 4 heteroatoms. The molecule has 0 amide bonds. The Labute approximate surface area is 87.1 Å². The summed E-state index contributed by atoms with van der Waals surface area (Å²) in [6, 6.07) is 3.44. The number of hydrogen-bond acceptors (Lipinski definition) is 1. The fourth-order valence-corrected chi connectivity index (χ4v) is 1.23. The van der Waals surface area contributed by atoms with Gasteiger partial charge in [-0.3, -0.25) is 0 Å². The van der Waals surface area contributed by atoms with Gasteiger partial charge in [-0.2, -0.15) is 0 Å². The van der Waals surface area contributed by atoms with Gasteiger partial charge in [0, 0.05) is 18.0 Å². The molecule has 0 aliphatic heterocycles. The summed E-state index contributed by atoms with van der Waals surface area (Å²) in [4.78, 5) is 0. The van der Waals surface area contributed by atoms with Gasteiger partial charge in [0.2, 0.25) is 0 Å². The number of rotatable bonds is 5. The predicted octanol–water partition coefficient (Wildman–Crippen LogP) is 2.68. The highest BCUT2D eigenvalue weighted by molar-refractivity contribution is 6.17. The first-order valence-electron chi connectivity index (χ1n) is 4.44. The molecule has 1 aromatic carbocycles. The zero-order valence-corrected chi connectivity index (χ0v) is 8.45. The summed E-state index contributed by atoms with van der Waals surface area (Å²) in [5.74, 6) is -0.233. The van der Waals surface area contributed by atoms with Crippen molar-refractivity contribution < 1.29 is 8.78 Å². The van der Waals surface area contributed by atoms with Crippen molar-refractivity contribution in [2.24, 2.45) is 0 Å². The number of nitrogens with one attached hydrogen (secondary N) is 1. The van der Waals surface area contributed by atoms with Crippen molar-refractivity contribution in [3.05, 3.63) is 35.4 Å². The van der Waals surface area contributed by atoms with Crippen molar-refractivity contribution in [1.82, 2.24) is 5.32 Å². The topological polar surface area (TPSA) is 12.0 Å². The van der Waals surface area contributed by atoms with Crippen LogP contribution in [0.3, 0.4) is 0 Å². The minimum atomic E-state index is -0.416. The summed E-state index contributed by atoms with van der Waals surface area (Å²) in [7, 11) is 0. The molecule has 78 valence electrons. The molecule has 0 aliphatic carbocycles. The first-order valence-corrected chi connectivity index (χ1v) is 4.98. The van der Waals surface area contributed by atoms with Gasteiger partial charge >= 0.3 is 0 Å². The SMILES string of the molecule is Fc1ccc(F)c(CNCCCCl)c1. The molecule has 0 fully saturated rings. The third kappa shape index (κ3) is 3.60. The van der Waals surface area contributed by atoms with Crippen LogP contribution in [0.2, 0.25) is 0 Å². The monoisotopic (exact) mass is 219 g/mol. The van der Waals surface area contributed by atoms with E-state index in [1.807, 2.05) is 0 Å². The van der Waals surface area contributed by atoms with E-state index in [1.54, 1.807) is 0 Å². The Morgan fingerprint density at radius 2 is 2.07 bits per heavy atom. The highest BCUT2D eigenvalue weighted by atomic mass is 35.5. The summed E-state index contributed by atoms with van der Waals surface area (Å²) in [6.07, 6.45) is 0.818. The zero-order chi connectivity index (χ0) is 10.4. The van der Waals surface area contributed by atoms with Crippen LogP contribution >= 0.6 is 11.6 Å². The lowest BCUT2D eigenvalue weighted by Gasteiger charge is -2.04. The molecule has 0 saturated heterocycles. The summed E-state index contributed by atoms with van der Waals surface area (Å²) in [6.45, 7) is 1.04. The van der Waals surface area contributed by atoms with E-state index in [1.165, 1.54) is 6.07 Å². The quantitative estimate of drug-likeness (QED) is 0.593. The first-order chi connectivity index (χ1) is 6.74. The number of alkyl halides is 1. The molecule has 0 bridgehead atoms. The molecule has 1 rings (SSSR count). The molecule has 0 aliphatic rings. The van der Waals surface area contributed by atoms with Crippen molar-refractivity contribution in [3.8, 4) is 0 Å². The molecular formula is C10H12ClF2N. The van der Waals surface area contributed by atoms with Gasteiger partial charge in [-0.15, -0.1) is 11.6 Å². The van der Waals surface area contributed by atoms with Gasteiger partial charge in [0.05, 0.1) is 0 Å². The Morgan fingerprint density at radius 1 is 1.29 bits per heavy atom. The van der Waals surface area contributed by atoms with Crippen LogP contribution in [0, 0.1) is 11.6 Å². The van der Waals surface area contributed by atoms with Crippen LogP contribution in [0.1, 0.15) is 12.0 Å². The molecule has 14 heavy (non-hydrogen) atoms. The fourth-order valence-electron chi connectivity index (χ4n) is 1.09. The Bertz CT molecular complexity index is 291. The highest BCUT2D eigenvalue weighted by Crippen LogP contribution is 2.08. The van der Waals surface area contributed by atoms with E-state index in [0.29, 0.717) is 24.5 Å². The van der Waals surface area contributed by atoms with E-state index in [-0.39, 0.29) is 5.82 Å². The van der Waals surface area contributed by atoms with Crippen LogP contribution in [0.4, 0.5) is 8.78 Å². The highest BCUT2D eigenvalue weighted by Gasteiger charge is 2.02. The Kier molecular flexibility index (Phi) is 4.84. The fraction of sp³-hybridized carbons (Fsp3) is 0.400. The maximum absolute atomic E-state index is 13.0. The lowest BCUT2D eigenvalue weighted by Crippen LogP contribution is -2.16. The van der Waals surface area contributed by atoms with Crippen molar-refractivity contribution in [2.75, 3.05) is 12.4 Å². The summed E-state index contributed by atoms with van der Waals surface area (Å²) in [5.41, 5.74) is 0.347. The van der Waals surface area contributed by atoms with Crippen molar-refractivity contribution in [3.63, 3.8) is 0 Å². The molecule has 0 spiro atoms. The first kappa shape index (κ1) is 11.4. The van der Waals surface area contributed by atoms with Gasteiger partial charge in [0.15, 0.2) is 0 Å². The van der Waals surface area contributed by atoms with Crippen LogP contribution in [0.25, 0.3) is 0 Å². The summed E-state index contributed by atoms with van der Waals surface area (Å²) in [5, 5.41) is 2.98. The Hall–Kier alpha value is -0.670.